The standard InChI is InChI=1S/C16H23NO/c1-11(2)8-15-13-5-4-12(18-3)9-14(13)16(6-7-16)10-17-15/h4-5,9,11,15,17H,6-8,10H2,1-3H3. The van der Waals surface area contributed by atoms with Gasteiger partial charge in [-0.15, -0.1) is 0 Å². The molecule has 98 valence electrons. The fraction of sp³-hybridized carbons (Fsp3) is 0.625. The van der Waals surface area contributed by atoms with Crippen molar-refractivity contribution in [2.75, 3.05) is 13.7 Å². The van der Waals surface area contributed by atoms with E-state index in [0.717, 1.165) is 18.2 Å². The van der Waals surface area contributed by atoms with Crippen molar-refractivity contribution < 1.29 is 4.74 Å². The summed E-state index contributed by atoms with van der Waals surface area (Å²) in [4.78, 5) is 0. The number of hydrogen-bond acceptors (Lipinski definition) is 2. The first-order valence-electron chi connectivity index (χ1n) is 7.06. The van der Waals surface area contributed by atoms with Gasteiger partial charge in [0.1, 0.15) is 5.75 Å². The van der Waals surface area contributed by atoms with Gasteiger partial charge in [0.2, 0.25) is 0 Å². The molecule has 0 amide bonds. The van der Waals surface area contributed by atoms with Crippen LogP contribution in [0.15, 0.2) is 18.2 Å². The van der Waals surface area contributed by atoms with Gasteiger partial charge in [0.05, 0.1) is 7.11 Å². The van der Waals surface area contributed by atoms with E-state index in [1.54, 1.807) is 12.7 Å². The summed E-state index contributed by atoms with van der Waals surface area (Å²) < 4.78 is 5.40. The molecule has 1 heterocycles. The second-order valence-electron chi connectivity index (χ2n) is 6.30. The van der Waals surface area contributed by atoms with Crippen LogP contribution in [0, 0.1) is 5.92 Å². The normalized spacial score (nSPS) is 24.1. The minimum Gasteiger partial charge on any atom is -0.497 e. The van der Waals surface area contributed by atoms with Crippen molar-refractivity contribution >= 4 is 0 Å². The Morgan fingerprint density at radius 2 is 2.17 bits per heavy atom. The van der Waals surface area contributed by atoms with Gasteiger partial charge in [0.25, 0.3) is 0 Å². The molecule has 1 aromatic carbocycles. The van der Waals surface area contributed by atoms with Gasteiger partial charge in [-0.25, -0.2) is 0 Å². The van der Waals surface area contributed by atoms with E-state index in [4.69, 9.17) is 4.74 Å². The van der Waals surface area contributed by atoms with Crippen LogP contribution in [0.3, 0.4) is 0 Å². The summed E-state index contributed by atoms with van der Waals surface area (Å²) in [5.41, 5.74) is 3.48. The van der Waals surface area contributed by atoms with Crippen molar-refractivity contribution in [2.24, 2.45) is 5.92 Å². The van der Waals surface area contributed by atoms with Gasteiger partial charge in [-0.1, -0.05) is 19.9 Å². The fourth-order valence-electron chi connectivity index (χ4n) is 3.23. The first kappa shape index (κ1) is 12.0. The largest absolute Gasteiger partial charge is 0.497 e. The smallest absolute Gasteiger partial charge is 0.119 e. The number of nitrogens with one attached hydrogen (secondary N) is 1. The summed E-state index contributed by atoms with van der Waals surface area (Å²) in [5.74, 6) is 1.73. The Morgan fingerprint density at radius 3 is 2.78 bits per heavy atom. The van der Waals surface area contributed by atoms with Crippen molar-refractivity contribution in [3.63, 3.8) is 0 Å². The lowest BCUT2D eigenvalue weighted by atomic mass is 9.81. The highest BCUT2D eigenvalue weighted by atomic mass is 16.5. The molecule has 0 radical (unpaired) electrons. The Hall–Kier alpha value is -1.02. The molecule has 1 spiro atoms. The van der Waals surface area contributed by atoms with Crippen molar-refractivity contribution in [3.05, 3.63) is 29.3 Å². The van der Waals surface area contributed by atoms with Gasteiger partial charge in [-0.05, 0) is 48.4 Å². The summed E-state index contributed by atoms with van der Waals surface area (Å²) in [5, 5.41) is 3.76. The van der Waals surface area contributed by atoms with Gasteiger partial charge in [0, 0.05) is 18.0 Å². The molecule has 0 bridgehead atoms. The third-order valence-electron chi connectivity index (χ3n) is 4.45. The lowest BCUT2D eigenvalue weighted by Gasteiger charge is -2.34. The van der Waals surface area contributed by atoms with E-state index < -0.39 is 0 Å². The molecule has 18 heavy (non-hydrogen) atoms. The molecule has 3 rings (SSSR count). The van der Waals surface area contributed by atoms with Crippen LogP contribution < -0.4 is 10.1 Å². The second-order valence-corrected chi connectivity index (χ2v) is 6.30. The quantitative estimate of drug-likeness (QED) is 0.881. The Morgan fingerprint density at radius 1 is 1.39 bits per heavy atom. The third kappa shape index (κ3) is 1.93. The molecular weight excluding hydrogens is 222 g/mol. The maximum Gasteiger partial charge on any atom is 0.119 e. The second kappa shape index (κ2) is 4.27. The molecule has 1 unspecified atom stereocenters. The number of hydrogen-bond donors (Lipinski definition) is 1. The van der Waals surface area contributed by atoms with Gasteiger partial charge in [-0.2, -0.15) is 0 Å². The fourth-order valence-corrected chi connectivity index (χ4v) is 3.23. The van der Waals surface area contributed by atoms with Crippen molar-refractivity contribution in [1.82, 2.24) is 5.32 Å². The number of ether oxygens (including phenoxy) is 1. The summed E-state index contributed by atoms with van der Waals surface area (Å²) in [6.07, 6.45) is 3.87. The zero-order chi connectivity index (χ0) is 12.8. The predicted octanol–water partition coefficient (Wildman–Crippen LogP) is 3.42. The molecule has 1 atom stereocenters. The van der Waals surface area contributed by atoms with Crippen LogP contribution in [0.5, 0.6) is 5.75 Å². The highest BCUT2D eigenvalue weighted by Gasteiger charge is 2.48. The van der Waals surface area contributed by atoms with Crippen LogP contribution in [0.4, 0.5) is 0 Å². The maximum atomic E-state index is 5.40. The first-order valence-corrected chi connectivity index (χ1v) is 7.06. The van der Waals surface area contributed by atoms with Gasteiger partial charge < -0.3 is 10.1 Å². The van der Waals surface area contributed by atoms with Crippen LogP contribution in [-0.2, 0) is 5.41 Å². The van der Waals surface area contributed by atoms with E-state index in [-0.39, 0.29) is 0 Å². The van der Waals surface area contributed by atoms with Crippen LogP contribution >= 0.6 is 0 Å². The van der Waals surface area contributed by atoms with Crippen molar-refractivity contribution in [2.45, 2.75) is 44.6 Å². The zero-order valence-corrected chi connectivity index (χ0v) is 11.6. The SMILES string of the molecule is COc1ccc2c(c1)C1(CC1)CNC2CC(C)C. The van der Waals surface area contributed by atoms with E-state index in [1.165, 1.54) is 24.8 Å². The molecule has 0 saturated heterocycles. The van der Waals surface area contributed by atoms with Gasteiger partial charge in [0.15, 0.2) is 0 Å². The minimum atomic E-state index is 0.428. The average molecular weight is 245 g/mol. The molecule has 1 fully saturated rings. The highest BCUT2D eigenvalue weighted by molar-refractivity contribution is 5.47. The minimum absolute atomic E-state index is 0.428. The van der Waals surface area contributed by atoms with Crippen LogP contribution in [0.25, 0.3) is 0 Å². The van der Waals surface area contributed by atoms with E-state index in [9.17, 15) is 0 Å². The summed E-state index contributed by atoms with van der Waals surface area (Å²) in [6.45, 7) is 5.74. The molecule has 1 aliphatic heterocycles. The molecule has 0 aromatic heterocycles. The van der Waals surface area contributed by atoms with Crippen LogP contribution in [-0.4, -0.2) is 13.7 Å². The molecule has 1 aromatic rings. The molecule has 2 heteroatoms. The first-order chi connectivity index (χ1) is 8.64. The van der Waals surface area contributed by atoms with Gasteiger partial charge >= 0.3 is 0 Å². The molecular formula is C16H23NO. The lowest BCUT2D eigenvalue weighted by molar-refractivity contribution is 0.377. The summed E-state index contributed by atoms with van der Waals surface area (Å²) in [7, 11) is 1.76. The van der Waals surface area contributed by atoms with Crippen molar-refractivity contribution in [1.29, 1.82) is 0 Å². The number of methoxy groups -OCH3 is 1. The molecule has 1 aliphatic carbocycles. The number of rotatable bonds is 3. The number of fused-ring (bicyclic) bond motifs is 2. The molecule has 2 nitrogen and oxygen atoms in total. The topological polar surface area (TPSA) is 21.3 Å². The lowest BCUT2D eigenvalue weighted by Crippen LogP contribution is -2.38. The summed E-state index contributed by atoms with van der Waals surface area (Å²) >= 11 is 0. The highest BCUT2D eigenvalue weighted by Crippen LogP contribution is 2.53. The summed E-state index contributed by atoms with van der Waals surface area (Å²) in [6, 6.07) is 7.18. The Balaban J connectivity index is 1.98. The third-order valence-corrected chi connectivity index (χ3v) is 4.45. The maximum absolute atomic E-state index is 5.40. The molecule has 1 N–H and O–H groups in total. The number of benzene rings is 1. The predicted molar refractivity (Wildman–Crippen MR) is 74.1 cm³/mol. The monoisotopic (exact) mass is 245 g/mol. The van der Waals surface area contributed by atoms with E-state index >= 15 is 0 Å². The van der Waals surface area contributed by atoms with Crippen LogP contribution in [0.2, 0.25) is 0 Å². The van der Waals surface area contributed by atoms with E-state index in [1.807, 2.05) is 0 Å². The van der Waals surface area contributed by atoms with Crippen molar-refractivity contribution in [3.8, 4) is 5.75 Å². The van der Waals surface area contributed by atoms with E-state index in [2.05, 4.69) is 37.4 Å². The van der Waals surface area contributed by atoms with Gasteiger partial charge in [-0.3, -0.25) is 0 Å². The van der Waals surface area contributed by atoms with Crippen LogP contribution in [0.1, 0.15) is 50.3 Å². The Labute approximate surface area is 110 Å². The average Bonchev–Trinajstić information content (AvgIpc) is 3.13. The van der Waals surface area contributed by atoms with E-state index in [0.29, 0.717) is 11.5 Å². The molecule has 2 aliphatic rings. The Bertz CT molecular complexity index is 448. The molecule has 1 saturated carbocycles. The Kier molecular flexibility index (Phi) is 2.86. The zero-order valence-electron chi connectivity index (χ0n) is 11.6.